The van der Waals surface area contributed by atoms with E-state index in [4.69, 9.17) is 5.73 Å². The maximum atomic E-state index is 5.85. The van der Waals surface area contributed by atoms with Gasteiger partial charge in [0.1, 0.15) is 0 Å². The summed E-state index contributed by atoms with van der Waals surface area (Å²) in [4.78, 5) is 2.48. The number of rotatable bonds is 6. The van der Waals surface area contributed by atoms with E-state index < -0.39 is 0 Å². The molecule has 0 spiro atoms. The highest BCUT2D eigenvalue weighted by Gasteiger charge is 2.16. The number of nitrogens with one attached hydrogen (secondary N) is 1. The van der Waals surface area contributed by atoms with Crippen molar-refractivity contribution in [3.63, 3.8) is 0 Å². The van der Waals surface area contributed by atoms with Gasteiger partial charge in [0.05, 0.1) is 11.4 Å². The number of hydrogen-bond acceptors (Lipinski definition) is 3. The van der Waals surface area contributed by atoms with Gasteiger partial charge in [-0.15, -0.1) is 0 Å². The first-order valence-corrected chi connectivity index (χ1v) is 7.50. The average molecular weight is 261 g/mol. The molecule has 1 unspecified atom stereocenters. The zero-order chi connectivity index (χ0) is 13.7. The van der Waals surface area contributed by atoms with Crippen LogP contribution in [0.1, 0.15) is 26.7 Å². The Morgan fingerprint density at radius 3 is 2.53 bits per heavy atom. The minimum Gasteiger partial charge on any atom is -0.383 e. The van der Waals surface area contributed by atoms with E-state index in [1.54, 1.807) is 0 Å². The lowest BCUT2D eigenvalue weighted by Gasteiger charge is -2.24. The second kappa shape index (κ2) is 6.80. The summed E-state index contributed by atoms with van der Waals surface area (Å²) in [5.74, 6) is 1.16. The quantitative estimate of drug-likeness (QED) is 0.827. The molecular weight excluding hydrogens is 234 g/mol. The lowest BCUT2D eigenvalue weighted by molar-refractivity contribution is 0.413. The Hall–Kier alpha value is -1.22. The first-order valence-electron chi connectivity index (χ1n) is 7.50. The summed E-state index contributed by atoms with van der Waals surface area (Å²) < 4.78 is 0. The predicted octanol–water partition coefficient (Wildman–Crippen LogP) is 2.93. The molecule has 1 aromatic rings. The Morgan fingerprint density at radius 2 is 1.89 bits per heavy atom. The third-order valence-electron chi connectivity index (χ3n) is 4.15. The van der Waals surface area contributed by atoms with Crippen LogP contribution in [0.4, 0.5) is 11.4 Å². The topological polar surface area (TPSA) is 41.3 Å². The summed E-state index contributed by atoms with van der Waals surface area (Å²) in [7, 11) is 0. The van der Waals surface area contributed by atoms with Gasteiger partial charge in [-0.1, -0.05) is 26.0 Å². The molecule has 2 rings (SSSR count). The molecule has 19 heavy (non-hydrogen) atoms. The van der Waals surface area contributed by atoms with Crippen molar-refractivity contribution >= 4 is 11.4 Å². The smallest absolute Gasteiger partial charge is 0.0602 e. The van der Waals surface area contributed by atoms with Crippen molar-refractivity contribution < 1.29 is 0 Å². The first-order chi connectivity index (χ1) is 9.22. The molecule has 1 saturated heterocycles. The van der Waals surface area contributed by atoms with E-state index in [1.807, 2.05) is 0 Å². The molecule has 106 valence electrons. The van der Waals surface area contributed by atoms with Crippen LogP contribution in [0.5, 0.6) is 0 Å². The number of nitrogens with zero attached hydrogens (tertiary/aromatic N) is 1. The average Bonchev–Trinajstić information content (AvgIpc) is 2.93. The molecule has 1 fully saturated rings. The second-order valence-electron chi connectivity index (χ2n) is 5.83. The normalized spacial score (nSPS) is 16.9. The zero-order valence-electron chi connectivity index (χ0n) is 12.2. The van der Waals surface area contributed by atoms with Crippen molar-refractivity contribution in [3.05, 3.63) is 24.3 Å². The van der Waals surface area contributed by atoms with E-state index in [1.165, 1.54) is 37.3 Å². The van der Waals surface area contributed by atoms with E-state index in [9.17, 15) is 0 Å². The second-order valence-corrected chi connectivity index (χ2v) is 5.83. The van der Waals surface area contributed by atoms with Crippen LogP contribution in [0.3, 0.4) is 0 Å². The van der Waals surface area contributed by atoms with Gasteiger partial charge in [0.15, 0.2) is 0 Å². The largest absolute Gasteiger partial charge is 0.383 e. The van der Waals surface area contributed by atoms with Gasteiger partial charge in [0.2, 0.25) is 0 Å². The number of anilines is 2. The maximum Gasteiger partial charge on any atom is 0.0602 e. The van der Waals surface area contributed by atoms with Crippen LogP contribution < -0.4 is 16.0 Å². The van der Waals surface area contributed by atoms with Gasteiger partial charge in [-0.2, -0.15) is 0 Å². The summed E-state index contributed by atoms with van der Waals surface area (Å²) in [5.41, 5.74) is 8.45. The lowest BCUT2D eigenvalue weighted by Crippen LogP contribution is -2.28. The number of hydrogen-bond donors (Lipinski definition) is 2. The van der Waals surface area contributed by atoms with Crippen molar-refractivity contribution in [1.29, 1.82) is 0 Å². The summed E-state index contributed by atoms with van der Waals surface area (Å²) in [5, 5.41) is 3.60. The van der Waals surface area contributed by atoms with Gasteiger partial charge in [-0.3, -0.25) is 0 Å². The molecule has 3 heteroatoms. The molecule has 0 aliphatic carbocycles. The Bertz CT molecular complexity index is 383. The van der Waals surface area contributed by atoms with E-state index in [-0.39, 0.29) is 0 Å². The molecule has 0 bridgehead atoms. The molecule has 1 heterocycles. The van der Waals surface area contributed by atoms with E-state index in [0.29, 0.717) is 11.8 Å². The predicted molar refractivity (Wildman–Crippen MR) is 83.8 cm³/mol. The van der Waals surface area contributed by atoms with Crippen LogP contribution >= 0.6 is 0 Å². The third kappa shape index (κ3) is 3.63. The van der Waals surface area contributed by atoms with E-state index in [0.717, 1.165) is 13.1 Å². The SMILES string of the molecule is CC(C)C(CN)CNc1ccccc1N1CCCC1. The van der Waals surface area contributed by atoms with Gasteiger partial charge in [-0.05, 0) is 43.4 Å². The summed E-state index contributed by atoms with van der Waals surface area (Å²) in [6, 6.07) is 8.64. The van der Waals surface area contributed by atoms with Gasteiger partial charge in [0, 0.05) is 19.6 Å². The van der Waals surface area contributed by atoms with Crippen molar-refractivity contribution in [2.45, 2.75) is 26.7 Å². The van der Waals surface area contributed by atoms with Crippen molar-refractivity contribution in [2.24, 2.45) is 17.6 Å². The van der Waals surface area contributed by atoms with Crippen LogP contribution in [0.25, 0.3) is 0 Å². The molecule has 0 amide bonds. The Labute approximate surface area is 117 Å². The van der Waals surface area contributed by atoms with Crippen LogP contribution in [-0.2, 0) is 0 Å². The lowest BCUT2D eigenvalue weighted by atomic mass is 9.96. The first kappa shape index (κ1) is 14.2. The molecule has 1 aromatic carbocycles. The minimum atomic E-state index is 0.534. The molecule has 1 atom stereocenters. The molecule has 0 aromatic heterocycles. The molecule has 1 aliphatic rings. The zero-order valence-corrected chi connectivity index (χ0v) is 12.2. The highest BCUT2D eigenvalue weighted by atomic mass is 15.2. The Kier molecular flexibility index (Phi) is 5.08. The molecule has 3 N–H and O–H groups in total. The number of para-hydroxylation sites is 2. The fraction of sp³-hybridized carbons (Fsp3) is 0.625. The fourth-order valence-corrected chi connectivity index (χ4v) is 2.69. The summed E-state index contributed by atoms with van der Waals surface area (Å²) in [6.07, 6.45) is 2.62. The molecule has 1 aliphatic heterocycles. The van der Waals surface area contributed by atoms with Crippen molar-refractivity contribution in [2.75, 3.05) is 36.4 Å². The van der Waals surface area contributed by atoms with Gasteiger partial charge in [0.25, 0.3) is 0 Å². The van der Waals surface area contributed by atoms with Gasteiger partial charge >= 0.3 is 0 Å². The van der Waals surface area contributed by atoms with E-state index in [2.05, 4.69) is 48.3 Å². The fourth-order valence-electron chi connectivity index (χ4n) is 2.69. The Balaban J connectivity index is 2.03. The molecule has 0 radical (unpaired) electrons. The Morgan fingerprint density at radius 1 is 1.21 bits per heavy atom. The van der Waals surface area contributed by atoms with Crippen molar-refractivity contribution in [1.82, 2.24) is 0 Å². The molecule has 3 nitrogen and oxygen atoms in total. The summed E-state index contributed by atoms with van der Waals surface area (Å²) >= 11 is 0. The summed E-state index contributed by atoms with van der Waals surface area (Å²) in [6.45, 7) is 8.55. The highest BCUT2D eigenvalue weighted by Crippen LogP contribution is 2.28. The van der Waals surface area contributed by atoms with Crippen molar-refractivity contribution in [3.8, 4) is 0 Å². The molecular formula is C16H27N3. The third-order valence-corrected chi connectivity index (χ3v) is 4.15. The van der Waals surface area contributed by atoms with E-state index >= 15 is 0 Å². The minimum absolute atomic E-state index is 0.534. The van der Waals surface area contributed by atoms with Gasteiger partial charge in [-0.25, -0.2) is 0 Å². The maximum absolute atomic E-state index is 5.85. The van der Waals surface area contributed by atoms with Gasteiger partial charge < -0.3 is 16.0 Å². The standard InChI is InChI=1S/C16H27N3/c1-13(2)14(11-17)12-18-15-7-3-4-8-16(15)19-9-5-6-10-19/h3-4,7-8,13-14,18H,5-6,9-12,17H2,1-2H3. The highest BCUT2D eigenvalue weighted by molar-refractivity contribution is 5.70. The van der Waals surface area contributed by atoms with Crippen LogP contribution in [-0.4, -0.2) is 26.2 Å². The monoisotopic (exact) mass is 261 g/mol. The van der Waals surface area contributed by atoms with Crippen LogP contribution in [0.2, 0.25) is 0 Å². The molecule has 0 saturated carbocycles. The van der Waals surface area contributed by atoms with Crippen LogP contribution in [0, 0.1) is 11.8 Å². The number of nitrogens with two attached hydrogens (primary N) is 1. The van der Waals surface area contributed by atoms with Crippen LogP contribution in [0.15, 0.2) is 24.3 Å². The number of benzene rings is 1.